The lowest BCUT2D eigenvalue weighted by Gasteiger charge is -2.10. The molecule has 122 valence electrons. The molecular weight excluding hydrogens is 327 g/mol. The van der Waals surface area contributed by atoms with Crippen LogP contribution >= 0.6 is 11.6 Å². The normalized spacial score (nSPS) is 11.3. The van der Waals surface area contributed by atoms with Gasteiger partial charge in [-0.15, -0.1) is 0 Å². The smallest absolute Gasteiger partial charge is 0.256 e. The van der Waals surface area contributed by atoms with Crippen molar-refractivity contribution in [2.75, 3.05) is 14.1 Å². The fourth-order valence-electron chi connectivity index (χ4n) is 2.52. The van der Waals surface area contributed by atoms with Gasteiger partial charge >= 0.3 is 0 Å². The highest BCUT2D eigenvalue weighted by atomic mass is 35.5. The summed E-state index contributed by atoms with van der Waals surface area (Å²) in [7, 11) is 3.38. The van der Waals surface area contributed by atoms with Crippen LogP contribution in [-0.4, -0.2) is 29.9 Å². The van der Waals surface area contributed by atoms with E-state index in [1.165, 1.54) is 17.0 Å². The van der Waals surface area contributed by atoms with Crippen LogP contribution in [-0.2, 0) is 0 Å². The summed E-state index contributed by atoms with van der Waals surface area (Å²) in [6.45, 7) is 0. The molecule has 0 saturated carbocycles. The largest absolute Gasteiger partial charge is 0.354 e. The third kappa shape index (κ3) is 3.19. The molecule has 0 aliphatic heterocycles. The molecule has 0 radical (unpaired) electrons. The van der Waals surface area contributed by atoms with Crippen molar-refractivity contribution in [2.45, 2.75) is 0 Å². The zero-order valence-corrected chi connectivity index (χ0v) is 14.1. The second-order valence-corrected chi connectivity index (χ2v) is 6.12. The number of hydrogen-bond acceptors (Lipinski definition) is 1. The molecular formula is C19H16ClFN2O. The molecule has 1 aromatic heterocycles. The number of amides is 1. The predicted octanol–water partition coefficient (Wildman–Crippen LogP) is 4.83. The Labute approximate surface area is 144 Å². The average Bonchev–Trinajstić information content (AvgIpc) is 2.90. The quantitative estimate of drug-likeness (QED) is 0.727. The number of carbonyl (C=O) groups excluding carboxylic acids is 1. The van der Waals surface area contributed by atoms with Gasteiger partial charge in [0, 0.05) is 30.0 Å². The first-order valence-corrected chi connectivity index (χ1v) is 7.80. The molecule has 0 saturated heterocycles. The summed E-state index contributed by atoms with van der Waals surface area (Å²) in [4.78, 5) is 17.2. The fraction of sp³-hybridized carbons (Fsp3) is 0.105. The van der Waals surface area contributed by atoms with Gasteiger partial charge in [0.2, 0.25) is 0 Å². The van der Waals surface area contributed by atoms with Crippen LogP contribution in [0.25, 0.3) is 23.1 Å². The SMILES string of the molecule is CN(C)C(=O)c1c(/C=C/c2ccc(Cl)cc2)[nH]c2cc(F)ccc12. The predicted molar refractivity (Wildman–Crippen MR) is 96.7 cm³/mol. The molecule has 5 heteroatoms. The summed E-state index contributed by atoms with van der Waals surface area (Å²) >= 11 is 5.88. The summed E-state index contributed by atoms with van der Waals surface area (Å²) in [6.07, 6.45) is 3.70. The van der Waals surface area contributed by atoms with Gasteiger partial charge in [-0.2, -0.15) is 0 Å². The molecule has 3 rings (SSSR count). The molecule has 24 heavy (non-hydrogen) atoms. The second kappa shape index (κ2) is 6.49. The number of fused-ring (bicyclic) bond motifs is 1. The van der Waals surface area contributed by atoms with E-state index in [2.05, 4.69) is 4.98 Å². The van der Waals surface area contributed by atoms with Crippen molar-refractivity contribution in [2.24, 2.45) is 0 Å². The van der Waals surface area contributed by atoms with Crippen LogP contribution in [0.2, 0.25) is 5.02 Å². The summed E-state index contributed by atoms with van der Waals surface area (Å²) in [5.74, 6) is -0.482. The number of nitrogens with zero attached hydrogens (tertiary/aromatic N) is 1. The highest BCUT2D eigenvalue weighted by molar-refractivity contribution is 6.30. The number of halogens is 2. The van der Waals surface area contributed by atoms with Crippen molar-refractivity contribution in [1.82, 2.24) is 9.88 Å². The lowest BCUT2D eigenvalue weighted by atomic mass is 10.1. The Morgan fingerprint density at radius 3 is 2.50 bits per heavy atom. The highest BCUT2D eigenvalue weighted by Gasteiger charge is 2.18. The van der Waals surface area contributed by atoms with Gasteiger partial charge in [0.05, 0.1) is 11.3 Å². The van der Waals surface area contributed by atoms with Crippen molar-refractivity contribution < 1.29 is 9.18 Å². The maximum atomic E-state index is 13.5. The number of nitrogens with one attached hydrogen (secondary N) is 1. The topological polar surface area (TPSA) is 36.1 Å². The average molecular weight is 343 g/mol. The first kappa shape index (κ1) is 16.3. The summed E-state index contributed by atoms with van der Waals surface area (Å²) in [5.41, 5.74) is 2.72. The molecule has 0 atom stereocenters. The van der Waals surface area contributed by atoms with E-state index in [1.54, 1.807) is 32.3 Å². The Kier molecular flexibility index (Phi) is 4.40. The lowest BCUT2D eigenvalue weighted by molar-refractivity contribution is 0.0829. The van der Waals surface area contributed by atoms with Crippen molar-refractivity contribution in [1.29, 1.82) is 0 Å². The van der Waals surface area contributed by atoms with Crippen molar-refractivity contribution >= 4 is 40.6 Å². The summed E-state index contributed by atoms with van der Waals surface area (Å²) in [6, 6.07) is 11.7. The second-order valence-electron chi connectivity index (χ2n) is 5.69. The molecule has 0 spiro atoms. The highest BCUT2D eigenvalue weighted by Crippen LogP contribution is 2.26. The number of benzene rings is 2. The molecule has 1 heterocycles. The van der Waals surface area contributed by atoms with E-state index >= 15 is 0 Å². The maximum absolute atomic E-state index is 13.5. The molecule has 2 aromatic carbocycles. The van der Waals surface area contributed by atoms with Gasteiger partial charge in [-0.3, -0.25) is 4.79 Å². The third-order valence-electron chi connectivity index (χ3n) is 3.72. The Morgan fingerprint density at radius 1 is 1.12 bits per heavy atom. The zero-order valence-electron chi connectivity index (χ0n) is 13.3. The minimum absolute atomic E-state index is 0.136. The Morgan fingerprint density at radius 2 is 1.83 bits per heavy atom. The van der Waals surface area contributed by atoms with E-state index in [0.29, 0.717) is 27.2 Å². The molecule has 0 aliphatic carbocycles. The fourth-order valence-corrected chi connectivity index (χ4v) is 2.65. The minimum atomic E-state index is -0.346. The van der Waals surface area contributed by atoms with Gasteiger partial charge in [-0.1, -0.05) is 29.8 Å². The van der Waals surface area contributed by atoms with Crippen LogP contribution in [0.3, 0.4) is 0 Å². The van der Waals surface area contributed by atoms with Crippen LogP contribution in [0.4, 0.5) is 4.39 Å². The lowest BCUT2D eigenvalue weighted by Crippen LogP contribution is -2.22. The Balaban J connectivity index is 2.10. The third-order valence-corrected chi connectivity index (χ3v) is 3.97. The number of hydrogen-bond donors (Lipinski definition) is 1. The molecule has 0 aliphatic rings. The van der Waals surface area contributed by atoms with Crippen LogP contribution in [0.1, 0.15) is 21.6 Å². The monoisotopic (exact) mass is 342 g/mol. The van der Waals surface area contributed by atoms with Gasteiger partial charge in [-0.25, -0.2) is 4.39 Å². The summed E-state index contributed by atoms with van der Waals surface area (Å²) < 4.78 is 13.5. The van der Waals surface area contributed by atoms with E-state index in [-0.39, 0.29) is 11.7 Å². The molecule has 1 N–H and O–H groups in total. The number of carbonyl (C=O) groups is 1. The van der Waals surface area contributed by atoms with E-state index in [4.69, 9.17) is 11.6 Å². The molecule has 0 bridgehead atoms. The number of aromatic amines is 1. The van der Waals surface area contributed by atoms with E-state index in [0.717, 1.165) is 5.56 Å². The van der Waals surface area contributed by atoms with Crippen molar-refractivity contribution in [3.8, 4) is 0 Å². The van der Waals surface area contributed by atoms with Gasteiger partial charge in [0.15, 0.2) is 0 Å². The summed E-state index contributed by atoms with van der Waals surface area (Å²) in [5, 5.41) is 1.36. The molecule has 3 nitrogen and oxygen atoms in total. The van der Waals surface area contributed by atoms with Crippen molar-refractivity contribution in [3.05, 3.63) is 70.1 Å². The number of aromatic nitrogens is 1. The maximum Gasteiger partial charge on any atom is 0.256 e. The molecule has 0 unspecified atom stereocenters. The zero-order chi connectivity index (χ0) is 17.3. The first-order valence-electron chi connectivity index (χ1n) is 7.42. The standard InChI is InChI=1S/C19H16ClFN2O/c1-23(2)19(24)18-15-9-8-14(21)11-17(15)22-16(18)10-5-12-3-6-13(20)7-4-12/h3-11,22H,1-2H3/b10-5+. The number of rotatable bonds is 3. The van der Waals surface area contributed by atoms with E-state index in [9.17, 15) is 9.18 Å². The van der Waals surface area contributed by atoms with Crippen LogP contribution in [0, 0.1) is 5.82 Å². The Hall–Kier alpha value is -2.59. The van der Waals surface area contributed by atoms with Gasteiger partial charge in [0.25, 0.3) is 5.91 Å². The van der Waals surface area contributed by atoms with Gasteiger partial charge < -0.3 is 9.88 Å². The minimum Gasteiger partial charge on any atom is -0.354 e. The first-order chi connectivity index (χ1) is 11.5. The van der Waals surface area contributed by atoms with Gasteiger partial charge in [-0.05, 0) is 42.0 Å². The van der Waals surface area contributed by atoms with Gasteiger partial charge in [0.1, 0.15) is 5.82 Å². The van der Waals surface area contributed by atoms with Crippen LogP contribution < -0.4 is 0 Å². The molecule has 1 amide bonds. The molecule has 3 aromatic rings. The number of H-pyrrole nitrogens is 1. The van der Waals surface area contributed by atoms with E-state index < -0.39 is 0 Å². The van der Waals surface area contributed by atoms with Crippen molar-refractivity contribution in [3.63, 3.8) is 0 Å². The van der Waals surface area contributed by atoms with Crippen LogP contribution in [0.5, 0.6) is 0 Å². The Bertz CT molecular complexity index is 926. The molecule has 0 fully saturated rings. The van der Waals surface area contributed by atoms with E-state index in [1.807, 2.05) is 24.3 Å². The van der Waals surface area contributed by atoms with Crippen LogP contribution in [0.15, 0.2) is 42.5 Å².